The molecular weight excluding hydrogens is 1080 g/mol. The van der Waals surface area contributed by atoms with Gasteiger partial charge in [0.1, 0.15) is 11.5 Å². The van der Waals surface area contributed by atoms with Gasteiger partial charge in [-0.1, -0.05) is 72.8 Å². The maximum Gasteiger partial charge on any atom is 2.00 e. The number of hydrogen-bond donors (Lipinski definition) is 6. The molecule has 4 heterocycles. The fraction of sp³-hybridized carbons (Fsp3) is 0.120. The first kappa shape index (κ1) is 61.8. The van der Waals surface area contributed by atoms with E-state index < -0.39 is 10.2 Å². The molecule has 0 aliphatic carbocycles. The second-order valence-corrected chi connectivity index (χ2v) is 13.9. The number of carbonyl (C=O) groups excluding carboxylic acids is 4. The average Bonchev–Trinajstić information content (AvgIpc) is 3.42. The Morgan fingerprint density at radius 1 is 0.467 bits per heavy atom. The summed E-state index contributed by atoms with van der Waals surface area (Å²) in [5.74, 6) is -0.650. The molecule has 4 aromatic heterocycles. The number of carbonyl (C=O) groups is 4. The molecule has 6 N–H and O–H groups in total. The molecule has 0 unspecified atom stereocenters. The Morgan fingerprint density at radius 3 is 1.16 bits per heavy atom. The van der Waals surface area contributed by atoms with E-state index in [0.717, 1.165) is 36.4 Å². The number of aromatic nitrogens is 4. The second-order valence-electron chi connectivity index (χ2n) is 13.9. The molecule has 25 heteroatoms. The number of fused-ring (bicyclic) bond motifs is 2. The van der Waals surface area contributed by atoms with Crippen molar-refractivity contribution < 1.29 is 76.3 Å². The zero-order valence-electron chi connectivity index (χ0n) is 40.2. The maximum absolute atomic E-state index is 12.6. The molecule has 0 radical (unpaired) electrons. The first-order chi connectivity index (χ1) is 35.9. The van der Waals surface area contributed by atoms with E-state index in [1.54, 1.807) is 85.5 Å². The molecule has 384 valence electrons. The largest absolute Gasteiger partial charge is 2.00 e. The molecule has 0 spiro atoms. The van der Waals surface area contributed by atoms with Gasteiger partial charge in [0, 0.05) is 49.8 Å². The molecule has 4 aromatic carbocycles. The monoisotopic (exact) mass is 1130 g/mol. The van der Waals surface area contributed by atoms with Gasteiger partial charge in [0.25, 0.3) is 23.6 Å². The number of rotatable bonds is 14. The van der Waals surface area contributed by atoms with Gasteiger partial charge in [-0.2, -0.15) is 0 Å². The minimum absolute atomic E-state index is 0. The van der Waals surface area contributed by atoms with Gasteiger partial charge in [0.05, 0.1) is 68.2 Å². The molecule has 0 saturated carbocycles. The van der Waals surface area contributed by atoms with Crippen LogP contribution < -0.4 is 30.7 Å². The normalized spacial score (nSPS) is 9.44. The number of amides is 4. The van der Waals surface area contributed by atoms with Crippen LogP contribution in [0.4, 0.5) is 11.4 Å². The summed E-state index contributed by atoms with van der Waals surface area (Å²) in [7, 11) is 2.00. The number of para-hydroxylation sites is 4. The summed E-state index contributed by atoms with van der Waals surface area (Å²) in [4.78, 5) is 83.6. The van der Waals surface area contributed by atoms with Crippen LogP contribution in [0.25, 0.3) is 21.8 Å². The van der Waals surface area contributed by atoms with E-state index in [9.17, 15) is 19.2 Å². The van der Waals surface area contributed by atoms with Gasteiger partial charge >= 0.3 is 27.3 Å². The van der Waals surface area contributed by atoms with Crippen LogP contribution in [0.15, 0.2) is 170 Å². The number of aliphatic hydroxyl groups is 2. The molecule has 8 aromatic rings. The number of ether oxygens (including phenoxy) is 2. The SMILES string of the molecule is CO.CO.O=C(COc1ccccc1C(=O)NCc1ccccn1)Nc1cccc2cccnc12.O=C(COc1ccccc1C(=O)NCc1ccccn1)Nc1cccc2cccnc12.O=[N+]([O-])[O-].O=[N+]([O-])[O-].[Cd+2]. The number of nitrogens with one attached hydrogen (secondary N) is 4. The topological polar surface area (TPSA) is 359 Å². The summed E-state index contributed by atoms with van der Waals surface area (Å²) in [5.41, 5.74) is 4.80. The zero-order valence-corrected chi connectivity index (χ0v) is 44.2. The maximum atomic E-state index is 12.6. The van der Waals surface area contributed by atoms with Gasteiger partial charge in [0.15, 0.2) is 13.2 Å². The Bertz CT molecular complexity index is 2830. The minimum Gasteiger partial charge on any atom is -0.483 e. The summed E-state index contributed by atoms with van der Waals surface area (Å²) in [5, 5.41) is 56.6. The van der Waals surface area contributed by atoms with Crippen molar-refractivity contribution in [1.82, 2.24) is 30.6 Å². The quantitative estimate of drug-likeness (QED) is 0.0420. The Morgan fingerprint density at radius 2 is 0.800 bits per heavy atom. The van der Waals surface area contributed by atoms with Crippen molar-refractivity contribution in [3.63, 3.8) is 0 Å². The van der Waals surface area contributed by atoms with Crippen LogP contribution in [0.5, 0.6) is 11.5 Å². The smallest absolute Gasteiger partial charge is 0.483 e. The molecule has 0 fully saturated rings. The third kappa shape index (κ3) is 22.4. The Kier molecular flexibility index (Phi) is 28.8. The number of pyridine rings is 4. The molecule has 75 heavy (non-hydrogen) atoms. The molecule has 0 saturated heterocycles. The predicted octanol–water partition coefficient (Wildman–Crippen LogP) is 5.89. The Labute approximate surface area is 447 Å². The minimum atomic E-state index is -1.75. The van der Waals surface area contributed by atoms with E-state index in [0.29, 0.717) is 58.1 Å². The van der Waals surface area contributed by atoms with Crippen LogP contribution in [0.3, 0.4) is 0 Å². The van der Waals surface area contributed by atoms with E-state index in [1.807, 2.05) is 84.9 Å². The van der Waals surface area contributed by atoms with Crippen molar-refractivity contribution in [2.45, 2.75) is 13.1 Å². The van der Waals surface area contributed by atoms with Crippen molar-refractivity contribution in [2.75, 3.05) is 38.1 Å². The molecule has 4 amide bonds. The number of benzene rings is 4. The van der Waals surface area contributed by atoms with Gasteiger partial charge in [-0.15, -0.1) is 0 Å². The third-order valence-electron chi connectivity index (χ3n) is 9.11. The van der Waals surface area contributed by atoms with Crippen LogP contribution in [0.1, 0.15) is 32.1 Å². The average molecular weight is 1130 g/mol. The van der Waals surface area contributed by atoms with Crippen molar-refractivity contribution in [2.24, 2.45) is 0 Å². The molecule has 0 aliphatic heterocycles. The van der Waals surface area contributed by atoms with Gasteiger partial charge < -0.3 is 71.6 Å². The van der Waals surface area contributed by atoms with E-state index >= 15 is 0 Å². The van der Waals surface area contributed by atoms with Gasteiger partial charge in [-0.05, 0) is 72.8 Å². The summed E-state index contributed by atoms with van der Waals surface area (Å²) < 4.78 is 11.3. The second kappa shape index (κ2) is 34.9. The number of aliphatic hydroxyl groups excluding tert-OH is 2. The zero-order chi connectivity index (χ0) is 54.1. The Balaban J connectivity index is 0.000000420. The molecular formula is C50H48CdN10O14. The van der Waals surface area contributed by atoms with E-state index in [4.69, 9.17) is 50.3 Å². The van der Waals surface area contributed by atoms with Gasteiger partial charge in [-0.25, -0.2) is 0 Å². The van der Waals surface area contributed by atoms with Crippen molar-refractivity contribution in [3.05, 3.63) is 224 Å². The molecule has 0 atom stereocenters. The Hall–Kier alpha value is -9.28. The van der Waals surface area contributed by atoms with E-state index in [2.05, 4.69) is 41.2 Å². The van der Waals surface area contributed by atoms with Crippen LogP contribution in [-0.4, -0.2) is 91.4 Å². The summed E-state index contributed by atoms with van der Waals surface area (Å²) in [6, 6.07) is 43.2. The standard InChI is InChI=1S/2C24H20N4O3.2CH4O.Cd.2NO3/c2*29-22(28-20-11-5-7-17-8-6-14-26-23(17)20)16-31-21-12-2-1-10-19(21)24(30)27-15-18-9-3-4-13-25-18;2*1-2;;2*2-1(3)4/h2*1-14H,15-16H2,(H,27,30)(H,28,29);2*2H,1H3;;;/q;;;;+2;2*-1. The van der Waals surface area contributed by atoms with E-state index in [1.165, 1.54) is 0 Å². The van der Waals surface area contributed by atoms with Gasteiger partial charge in [-0.3, -0.25) is 39.1 Å². The molecule has 24 nitrogen and oxygen atoms in total. The van der Waals surface area contributed by atoms with E-state index in [-0.39, 0.29) is 64.1 Å². The fourth-order valence-electron chi connectivity index (χ4n) is 6.17. The molecule has 8 rings (SSSR count). The van der Waals surface area contributed by atoms with Crippen LogP contribution in [0, 0.1) is 30.6 Å². The third-order valence-corrected chi connectivity index (χ3v) is 9.11. The number of hydrogen-bond acceptors (Lipinski definition) is 18. The number of nitrogens with zero attached hydrogens (tertiary/aromatic N) is 6. The molecule has 0 aliphatic rings. The van der Waals surface area contributed by atoms with Gasteiger partial charge in [0.2, 0.25) is 0 Å². The van der Waals surface area contributed by atoms with Crippen LogP contribution in [-0.2, 0) is 50.0 Å². The fourth-order valence-corrected chi connectivity index (χ4v) is 6.17. The summed E-state index contributed by atoms with van der Waals surface area (Å²) >= 11 is 0. The summed E-state index contributed by atoms with van der Waals surface area (Å²) in [6.45, 7) is 0.104. The first-order valence-corrected chi connectivity index (χ1v) is 21.5. The molecule has 0 bridgehead atoms. The van der Waals surface area contributed by atoms with Crippen molar-refractivity contribution in [3.8, 4) is 11.5 Å². The van der Waals surface area contributed by atoms with Crippen molar-refractivity contribution >= 4 is 56.8 Å². The first-order valence-electron chi connectivity index (χ1n) is 21.5. The number of anilines is 2. The van der Waals surface area contributed by atoms with Crippen molar-refractivity contribution in [1.29, 1.82) is 0 Å². The van der Waals surface area contributed by atoms with Crippen LogP contribution >= 0.6 is 0 Å². The predicted molar refractivity (Wildman–Crippen MR) is 272 cm³/mol. The van der Waals surface area contributed by atoms with Crippen LogP contribution in [0.2, 0.25) is 0 Å². The summed E-state index contributed by atoms with van der Waals surface area (Å²) in [6.07, 6.45) is 6.69.